The molecule has 7 nitrogen and oxygen atoms in total. The van der Waals surface area contributed by atoms with Crippen molar-refractivity contribution in [1.82, 2.24) is 10.2 Å². The summed E-state index contributed by atoms with van der Waals surface area (Å²) in [5.41, 5.74) is 0.670. The van der Waals surface area contributed by atoms with Gasteiger partial charge >= 0.3 is 0 Å². The number of benzene rings is 2. The lowest BCUT2D eigenvalue weighted by molar-refractivity contribution is 0.0933. The Morgan fingerprint density at radius 1 is 1.03 bits per heavy atom. The van der Waals surface area contributed by atoms with Crippen LogP contribution in [-0.4, -0.2) is 38.9 Å². The molecule has 2 heterocycles. The SMILES string of the molecule is O=C(NC[C@@H](c1ccco1)N1CCCC1)c1ccc(S(=O)(=O)Nc2ccccc2Cl)cc1. The molecule has 1 aromatic heterocycles. The van der Waals surface area contributed by atoms with E-state index in [0.29, 0.717) is 22.8 Å². The van der Waals surface area contributed by atoms with Gasteiger partial charge in [-0.15, -0.1) is 0 Å². The van der Waals surface area contributed by atoms with Gasteiger partial charge in [-0.05, 0) is 74.5 Å². The van der Waals surface area contributed by atoms with Gasteiger partial charge < -0.3 is 9.73 Å². The molecule has 3 aromatic rings. The summed E-state index contributed by atoms with van der Waals surface area (Å²) in [7, 11) is -3.83. The predicted octanol–water partition coefficient (Wildman–Crippen LogP) is 4.30. The second-order valence-corrected chi connectivity index (χ2v) is 9.68. The number of amides is 1. The van der Waals surface area contributed by atoms with Crippen molar-refractivity contribution in [3.63, 3.8) is 0 Å². The first-order valence-corrected chi connectivity index (χ1v) is 12.2. The van der Waals surface area contributed by atoms with Crippen molar-refractivity contribution >= 4 is 33.2 Å². The standard InChI is InChI=1S/C23H24ClN3O4S/c24-19-6-1-2-7-20(19)26-32(29,30)18-11-9-17(10-12-18)23(28)25-16-21(22-8-5-15-31-22)27-13-3-4-14-27/h1-2,5-12,15,21,26H,3-4,13-14,16H2,(H,25,28)/t21-/m0/s1. The number of carbonyl (C=O) groups excluding carboxylic acids is 1. The third-order valence-electron chi connectivity index (χ3n) is 5.45. The summed E-state index contributed by atoms with van der Waals surface area (Å²) in [5.74, 6) is 0.544. The highest BCUT2D eigenvalue weighted by Crippen LogP contribution is 2.26. The van der Waals surface area contributed by atoms with Crippen molar-refractivity contribution in [2.24, 2.45) is 0 Å². The van der Waals surface area contributed by atoms with Gasteiger partial charge in [0.15, 0.2) is 0 Å². The second-order valence-electron chi connectivity index (χ2n) is 7.59. The Kier molecular flexibility index (Phi) is 6.83. The van der Waals surface area contributed by atoms with Crippen LogP contribution in [0.5, 0.6) is 0 Å². The van der Waals surface area contributed by atoms with Crippen molar-refractivity contribution < 1.29 is 17.6 Å². The molecule has 4 rings (SSSR count). The number of sulfonamides is 1. The molecule has 0 saturated carbocycles. The van der Waals surface area contributed by atoms with E-state index in [1.165, 1.54) is 24.3 Å². The molecule has 0 bridgehead atoms. The van der Waals surface area contributed by atoms with Gasteiger partial charge in [0.2, 0.25) is 0 Å². The number of nitrogens with one attached hydrogen (secondary N) is 2. The van der Waals surface area contributed by atoms with Crippen molar-refractivity contribution in [2.75, 3.05) is 24.4 Å². The molecule has 32 heavy (non-hydrogen) atoms. The molecule has 0 aliphatic carbocycles. The monoisotopic (exact) mass is 473 g/mol. The zero-order valence-corrected chi connectivity index (χ0v) is 18.9. The van der Waals surface area contributed by atoms with Gasteiger partial charge in [-0.2, -0.15) is 0 Å². The fourth-order valence-corrected chi connectivity index (χ4v) is 5.09. The van der Waals surface area contributed by atoms with Crippen LogP contribution in [0.25, 0.3) is 0 Å². The van der Waals surface area contributed by atoms with E-state index < -0.39 is 10.0 Å². The van der Waals surface area contributed by atoms with Crippen LogP contribution in [-0.2, 0) is 10.0 Å². The minimum Gasteiger partial charge on any atom is -0.468 e. The normalized spacial score (nSPS) is 15.4. The highest BCUT2D eigenvalue weighted by atomic mass is 35.5. The summed E-state index contributed by atoms with van der Waals surface area (Å²) in [4.78, 5) is 15.0. The molecule has 9 heteroatoms. The van der Waals surface area contributed by atoms with Crippen LogP contribution >= 0.6 is 11.6 Å². The number of likely N-dealkylation sites (tertiary alicyclic amines) is 1. The number of nitrogens with zero attached hydrogens (tertiary/aromatic N) is 1. The van der Waals surface area contributed by atoms with Gasteiger partial charge in [0, 0.05) is 12.1 Å². The molecule has 0 spiro atoms. The molecule has 0 radical (unpaired) electrons. The summed E-state index contributed by atoms with van der Waals surface area (Å²) < 4.78 is 33.3. The number of furan rings is 1. The van der Waals surface area contributed by atoms with Crippen LogP contribution in [0.2, 0.25) is 5.02 Å². The Labute approximate surface area is 192 Å². The van der Waals surface area contributed by atoms with E-state index in [0.717, 1.165) is 31.7 Å². The third-order valence-corrected chi connectivity index (χ3v) is 7.16. The van der Waals surface area contributed by atoms with Gasteiger partial charge in [-0.1, -0.05) is 23.7 Å². The lowest BCUT2D eigenvalue weighted by Gasteiger charge is -2.26. The first kappa shape index (κ1) is 22.4. The van der Waals surface area contributed by atoms with E-state index in [9.17, 15) is 13.2 Å². The minimum atomic E-state index is -3.83. The molecule has 2 aromatic carbocycles. The van der Waals surface area contributed by atoms with Gasteiger partial charge in [0.25, 0.3) is 15.9 Å². The van der Waals surface area contributed by atoms with E-state index >= 15 is 0 Å². The summed E-state index contributed by atoms with van der Waals surface area (Å²) in [6, 6.07) is 16.1. The molecule has 1 aliphatic rings. The average molecular weight is 474 g/mol. The Hall–Kier alpha value is -2.81. The maximum atomic E-state index is 12.7. The van der Waals surface area contributed by atoms with Crippen molar-refractivity contribution in [3.05, 3.63) is 83.3 Å². The molecular weight excluding hydrogens is 450 g/mol. The number of anilines is 1. The van der Waals surface area contributed by atoms with E-state index in [4.69, 9.17) is 16.0 Å². The third kappa shape index (κ3) is 5.15. The van der Waals surface area contributed by atoms with E-state index in [1.54, 1.807) is 30.5 Å². The number of rotatable bonds is 8. The number of hydrogen-bond donors (Lipinski definition) is 2. The number of hydrogen-bond acceptors (Lipinski definition) is 5. The topological polar surface area (TPSA) is 91.7 Å². The van der Waals surface area contributed by atoms with Crippen LogP contribution in [0.1, 0.15) is 35.0 Å². The largest absolute Gasteiger partial charge is 0.468 e. The van der Waals surface area contributed by atoms with Gasteiger partial charge in [0.05, 0.1) is 27.9 Å². The predicted molar refractivity (Wildman–Crippen MR) is 123 cm³/mol. The van der Waals surface area contributed by atoms with Crippen LogP contribution in [0.15, 0.2) is 76.2 Å². The maximum absolute atomic E-state index is 12.7. The van der Waals surface area contributed by atoms with Crippen LogP contribution in [0.4, 0.5) is 5.69 Å². The molecule has 2 N–H and O–H groups in total. The van der Waals surface area contributed by atoms with Crippen LogP contribution < -0.4 is 10.0 Å². The number of para-hydroxylation sites is 1. The fourth-order valence-electron chi connectivity index (χ4n) is 3.77. The molecular formula is C23H24ClN3O4S. The van der Waals surface area contributed by atoms with Crippen molar-refractivity contribution in [3.8, 4) is 0 Å². The molecule has 1 saturated heterocycles. The Morgan fingerprint density at radius 2 is 1.75 bits per heavy atom. The Morgan fingerprint density at radius 3 is 2.41 bits per heavy atom. The zero-order chi connectivity index (χ0) is 22.6. The Balaban J connectivity index is 1.42. The first-order valence-electron chi connectivity index (χ1n) is 10.4. The van der Waals surface area contributed by atoms with Crippen molar-refractivity contribution in [1.29, 1.82) is 0 Å². The van der Waals surface area contributed by atoms with Gasteiger partial charge in [-0.3, -0.25) is 14.4 Å². The summed E-state index contributed by atoms with van der Waals surface area (Å²) >= 11 is 6.04. The van der Waals surface area contributed by atoms with E-state index in [2.05, 4.69) is 14.9 Å². The van der Waals surface area contributed by atoms with E-state index in [1.807, 2.05) is 12.1 Å². The molecule has 1 fully saturated rings. The van der Waals surface area contributed by atoms with Crippen LogP contribution in [0, 0.1) is 0 Å². The Bertz CT molecular complexity index is 1160. The minimum absolute atomic E-state index is 0.0316. The van der Waals surface area contributed by atoms with E-state index in [-0.39, 0.29) is 16.8 Å². The molecule has 0 unspecified atom stereocenters. The summed E-state index contributed by atoms with van der Waals surface area (Å²) in [6.45, 7) is 2.33. The maximum Gasteiger partial charge on any atom is 0.261 e. The number of halogens is 1. The molecule has 1 amide bonds. The molecule has 1 aliphatic heterocycles. The van der Waals surface area contributed by atoms with Gasteiger partial charge in [0.1, 0.15) is 5.76 Å². The lowest BCUT2D eigenvalue weighted by atomic mass is 10.1. The summed E-state index contributed by atoms with van der Waals surface area (Å²) in [6.07, 6.45) is 3.89. The highest BCUT2D eigenvalue weighted by Gasteiger charge is 2.26. The summed E-state index contributed by atoms with van der Waals surface area (Å²) in [5, 5.41) is 3.25. The van der Waals surface area contributed by atoms with Crippen molar-refractivity contribution in [2.45, 2.75) is 23.8 Å². The first-order chi connectivity index (χ1) is 15.4. The number of carbonyl (C=O) groups is 1. The quantitative estimate of drug-likeness (QED) is 0.509. The molecule has 1 atom stereocenters. The second kappa shape index (κ2) is 9.77. The fraction of sp³-hybridized carbons (Fsp3) is 0.261. The lowest BCUT2D eigenvalue weighted by Crippen LogP contribution is -2.36. The molecule has 168 valence electrons. The average Bonchev–Trinajstić information content (AvgIpc) is 3.50. The van der Waals surface area contributed by atoms with Crippen LogP contribution in [0.3, 0.4) is 0 Å². The highest BCUT2D eigenvalue weighted by molar-refractivity contribution is 7.92. The smallest absolute Gasteiger partial charge is 0.261 e. The van der Waals surface area contributed by atoms with Gasteiger partial charge in [-0.25, -0.2) is 8.42 Å². The zero-order valence-electron chi connectivity index (χ0n) is 17.3.